The molecule has 0 aliphatic rings. The van der Waals surface area contributed by atoms with Gasteiger partial charge in [0.25, 0.3) is 0 Å². The molecular formula is C30H24O3. The summed E-state index contributed by atoms with van der Waals surface area (Å²) in [5.41, 5.74) is 6.13. The third kappa shape index (κ3) is 6.49. The van der Waals surface area contributed by atoms with Crippen molar-refractivity contribution in [2.45, 2.75) is 0 Å². The van der Waals surface area contributed by atoms with E-state index in [1.165, 1.54) is 0 Å². The molecule has 0 spiro atoms. The molecule has 33 heavy (non-hydrogen) atoms. The topological polar surface area (TPSA) is 60.7 Å². The second kappa shape index (κ2) is 10.2. The Hall–Kier alpha value is -4.50. The lowest BCUT2D eigenvalue weighted by atomic mass is 10.0. The summed E-state index contributed by atoms with van der Waals surface area (Å²) in [6.45, 7) is 0. The molecule has 0 saturated carbocycles. The molecule has 3 heteroatoms. The van der Waals surface area contributed by atoms with Crippen molar-refractivity contribution >= 4 is 36.5 Å². The Morgan fingerprint density at radius 3 is 0.758 bits per heavy atom. The lowest BCUT2D eigenvalue weighted by molar-refractivity contribution is 0.474. The first-order chi connectivity index (χ1) is 16.0. The summed E-state index contributed by atoms with van der Waals surface area (Å²) in [4.78, 5) is 0. The molecule has 0 bridgehead atoms. The van der Waals surface area contributed by atoms with Crippen molar-refractivity contribution < 1.29 is 15.3 Å². The van der Waals surface area contributed by atoms with Gasteiger partial charge in [-0.1, -0.05) is 72.9 Å². The number of rotatable bonds is 6. The predicted octanol–water partition coefficient (Wildman–Crippen LogP) is 7.31. The van der Waals surface area contributed by atoms with Crippen molar-refractivity contribution in [1.82, 2.24) is 0 Å². The van der Waals surface area contributed by atoms with Crippen LogP contribution in [0.5, 0.6) is 17.2 Å². The quantitative estimate of drug-likeness (QED) is 0.280. The summed E-state index contributed by atoms with van der Waals surface area (Å²) in [7, 11) is 0. The van der Waals surface area contributed by atoms with Crippen LogP contribution in [0.15, 0.2) is 91.0 Å². The van der Waals surface area contributed by atoms with E-state index in [9.17, 15) is 15.3 Å². The molecule has 0 aliphatic carbocycles. The first-order valence-corrected chi connectivity index (χ1v) is 10.6. The summed E-state index contributed by atoms with van der Waals surface area (Å²) in [6.07, 6.45) is 12.2. The molecule has 4 aromatic rings. The van der Waals surface area contributed by atoms with E-state index in [1.54, 1.807) is 36.4 Å². The van der Waals surface area contributed by atoms with E-state index in [4.69, 9.17) is 0 Å². The zero-order valence-corrected chi connectivity index (χ0v) is 18.0. The van der Waals surface area contributed by atoms with Gasteiger partial charge in [0.15, 0.2) is 0 Å². The van der Waals surface area contributed by atoms with Gasteiger partial charge in [-0.15, -0.1) is 0 Å². The Balaban J connectivity index is 1.64. The smallest absolute Gasteiger partial charge is 0.115 e. The lowest BCUT2D eigenvalue weighted by Gasteiger charge is -2.03. The van der Waals surface area contributed by atoms with Gasteiger partial charge in [-0.05, 0) is 88.0 Å². The van der Waals surface area contributed by atoms with Crippen LogP contribution < -0.4 is 0 Å². The minimum Gasteiger partial charge on any atom is -0.508 e. The van der Waals surface area contributed by atoms with Crippen LogP contribution in [0.25, 0.3) is 36.5 Å². The molecule has 0 saturated heterocycles. The van der Waals surface area contributed by atoms with Crippen LogP contribution in [0.2, 0.25) is 0 Å². The molecule has 0 aromatic heterocycles. The lowest BCUT2D eigenvalue weighted by Crippen LogP contribution is -1.82. The second-order valence-corrected chi connectivity index (χ2v) is 7.71. The highest BCUT2D eigenvalue weighted by atomic mass is 16.3. The summed E-state index contributed by atoms with van der Waals surface area (Å²) in [6, 6.07) is 27.5. The molecule has 0 heterocycles. The second-order valence-electron chi connectivity index (χ2n) is 7.71. The highest BCUT2D eigenvalue weighted by Gasteiger charge is 1.98. The standard InChI is InChI=1S/C30H24O3/c31-28-13-7-22(8-14-28)1-4-25-19-26(5-2-23-9-15-29(32)16-10-23)21-27(20-25)6-3-24-11-17-30(33)18-12-24/h1-21,31-33H/b4-1+,5-2+,6-3+. The molecule has 4 aromatic carbocycles. The van der Waals surface area contributed by atoms with Crippen LogP contribution in [-0.4, -0.2) is 15.3 Å². The maximum Gasteiger partial charge on any atom is 0.115 e. The first-order valence-electron chi connectivity index (χ1n) is 10.6. The van der Waals surface area contributed by atoms with Crippen molar-refractivity contribution in [1.29, 1.82) is 0 Å². The first kappa shape index (κ1) is 21.7. The molecule has 4 rings (SSSR count). The van der Waals surface area contributed by atoms with Crippen LogP contribution >= 0.6 is 0 Å². The normalized spacial score (nSPS) is 11.6. The SMILES string of the molecule is Oc1ccc(/C=C/c2cc(/C=C/c3ccc(O)cc3)cc(/C=C/c3ccc(O)cc3)c2)cc1. The molecule has 0 amide bonds. The van der Waals surface area contributed by atoms with E-state index < -0.39 is 0 Å². The average molecular weight is 433 g/mol. The number of phenols is 3. The van der Waals surface area contributed by atoms with Gasteiger partial charge < -0.3 is 15.3 Å². The molecule has 0 atom stereocenters. The van der Waals surface area contributed by atoms with Crippen molar-refractivity contribution in [3.63, 3.8) is 0 Å². The minimum absolute atomic E-state index is 0.246. The number of hydrogen-bond donors (Lipinski definition) is 3. The fourth-order valence-electron chi connectivity index (χ4n) is 3.32. The summed E-state index contributed by atoms with van der Waals surface area (Å²) < 4.78 is 0. The Morgan fingerprint density at radius 1 is 0.303 bits per heavy atom. The van der Waals surface area contributed by atoms with Crippen molar-refractivity contribution in [3.8, 4) is 17.2 Å². The maximum absolute atomic E-state index is 9.48. The number of aromatic hydroxyl groups is 3. The van der Waals surface area contributed by atoms with E-state index in [2.05, 4.69) is 18.2 Å². The highest BCUT2D eigenvalue weighted by molar-refractivity contribution is 5.78. The molecule has 3 nitrogen and oxygen atoms in total. The van der Waals surface area contributed by atoms with Gasteiger partial charge in [-0.2, -0.15) is 0 Å². The molecule has 3 N–H and O–H groups in total. The molecule has 0 unspecified atom stereocenters. The Bertz CT molecular complexity index is 1120. The van der Waals surface area contributed by atoms with E-state index in [1.807, 2.05) is 72.9 Å². The Morgan fingerprint density at radius 2 is 0.515 bits per heavy atom. The number of hydrogen-bond acceptors (Lipinski definition) is 3. The molecule has 162 valence electrons. The molecule has 0 fully saturated rings. The summed E-state index contributed by atoms with van der Waals surface area (Å²) in [5, 5.41) is 28.5. The van der Waals surface area contributed by atoms with E-state index in [0.29, 0.717) is 0 Å². The van der Waals surface area contributed by atoms with E-state index >= 15 is 0 Å². The molecular weight excluding hydrogens is 408 g/mol. The Labute approximate surface area is 193 Å². The van der Waals surface area contributed by atoms with Gasteiger partial charge in [-0.3, -0.25) is 0 Å². The van der Waals surface area contributed by atoms with Crippen molar-refractivity contribution in [3.05, 3.63) is 124 Å². The van der Waals surface area contributed by atoms with Gasteiger partial charge in [0.05, 0.1) is 0 Å². The van der Waals surface area contributed by atoms with Gasteiger partial charge in [0.2, 0.25) is 0 Å². The largest absolute Gasteiger partial charge is 0.508 e. The van der Waals surface area contributed by atoms with Crippen LogP contribution in [0.3, 0.4) is 0 Å². The fraction of sp³-hybridized carbons (Fsp3) is 0. The van der Waals surface area contributed by atoms with Crippen LogP contribution in [0.4, 0.5) is 0 Å². The molecule has 0 radical (unpaired) electrons. The van der Waals surface area contributed by atoms with Gasteiger partial charge in [-0.25, -0.2) is 0 Å². The van der Waals surface area contributed by atoms with Gasteiger partial charge >= 0.3 is 0 Å². The van der Waals surface area contributed by atoms with Crippen molar-refractivity contribution in [2.75, 3.05) is 0 Å². The van der Waals surface area contributed by atoms with Crippen molar-refractivity contribution in [2.24, 2.45) is 0 Å². The fourth-order valence-corrected chi connectivity index (χ4v) is 3.32. The monoisotopic (exact) mass is 432 g/mol. The maximum atomic E-state index is 9.48. The van der Waals surface area contributed by atoms with Gasteiger partial charge in [0.1, 0.15) is 17.2 Å². The van der Waals surface area contributed by atoms with Crippen LogP contribution in [0.1, 0.15) is 33.4 Å². The van der Waals surface area contributed by atoms with Crippen LogP contribution in [-0.2, 0) is 0 Å². The predicted molar refractivity (Wildman–Crippen MR) is 138 cm³/mol. The minimum atomic E-state index is 0.246. The third-order valence-corrected chi connectivity index (χ3v) is 5.08. The number of benzene rings is 4. The highest BCUT2D eigenvalue weighted by Crippen LogP contribution is 2.20. The summed E-state index contributed by atoms with van der Waals surface area (Å²) in [5.74, 6) is 0.737. The van der Waals surface area contributed by atoms with E-state index in [-0.39, 0.29) is 17.2 Å². The Kier molecular flexibility index (Phi) is 6.72. The van der Waals surface area contributed by atoms with E-state index in [0.717, 1.165) is 33.4 Å². The van der Waals surface area contributed by atoms with Gasteiger partial charge in [0, 0.05) is 0 Å². The van der Waals surface area contributed by atoms with Crippen LogP contribution in [0, 0.1) is 0 Å². The number of phenolic OH excluding ortho intramolecular Hbond substituents is 3. The third-order valence-electron chi connectivity index (χ3n) is 5.08. The zero-order valence-electron chi connectivity index (χ0n) is 18.0. The molecule has 0 aliphatic heterocycles. The summed E-state index contributed by atoms with van der Waals surface area (Å²) >= 11 is 0. The average Bonchev–Trinajstić information content (AvgIpc) is 2.83. The zero-order chi connectivity index (χ0) is 23.0.